The van der Waals surface area contributed by atoms with Crippen molar-refractivity contribution < 1.29 is 9.53 Å². The van der Waals surface area contributed by atoms with Gasteiger partial charge in [-0.1, -0.05) is 36.8 Å². The van der Waals surface area contributed by atoms with Gasteiger partial charge in [-0.05, 0) is 38.1 Å². The van der Waals surface area contributed by atoms with Crippen LogP contribution in [0.25, 0.3) is 0 Å². The topological polar surface area (TPSA) is 64.3 Å². The van der Waals surface area contributed by atoms with Crippen LogP contribution in [0.3, 0.4) is 0 Å². The van der Waals surface area contributed by atoms with E-state index in [-0.39, 0.29) is 30.3 Å². The van der Waals surface area contributed by atoms with Crippen LogP contribution in [0, 0.1) is 12.8 Å². The maximum Gasteiger partial charge on any atom is 0.228 e. The maximum absolute atomic E-state index is 12.2. The minimum Gasteiger partial charge on any atom is -0.455 e. The Morgan fingerprint density at radius 2 is 1.70 bits per heavy atom. The molecule has 0 spiro atoms. The molecule has 124 valence electrons. The van der Waals surface area contributed by atoms with E-state index in [1.54, 1.807) is 0 Å². The first-order valence-electron chi connectivity index (χ1n) is 7.37. The Labute approximate surface area is 143 Å². The molecule has 0 heterocycles. The summed E-state index contributed by atoms with van der Waals surface area (Å²) in [6, 6.07) is 14.9. The monoisotopic (exact) mass is 334 g/mol. The third-order valence-corrected chi connectivity index (χ3v) is 3.60. The van der Waals surface area contributed by atoms with Crippen LogP contribution in [-0.4, -0.2) is 11.9 Å². The third kappa shape index (κ3) is 5.27. The summed E-state index contributed by atoms with van der Waals surface area (Å²) in [5.74, 6) is 0.950. The van der Waals surface area contributed by atoms with E-state index < -0.39 is 0 Å². The molecule has 2 aromatic rings. The van der Waals surface area contributed by atoms with E-state index in [0.29, 0.717) is 11.4 Å². The number of carbonyl (C=O) groups is 1. The highest BCUT2D eigenvalue weighted by Gasteiger charge is 2.18. The van der Waals surface area contributed by atoms with Gasteiger partial charge < -0.3 is 15.8 Å². The molecule has 0 aliphatic heterocycles. The minimum atomic E-state index is -0.271. The van der Waals surface area contributed by atoms with E-state index in [1.165, 1.54) is 5.56 Å². The number of rotatable bonds is 5. The normalized spacial score (nSPS) is 12.7. The lowest BCUT2D eigenvalue weighted by atomic mass is 10.0. The molecule has 2 rings (SSSR count). The second kappa shape index (κ2) is 8.56. The number of nitrogens with two attached hydrogens (primary N) is 1. The summed E-state index contributed by atoms with van der Waals surface area (Å²) in [6.45, 7) is 5.65. The van der Waals surface area contributed by atoms with Gasteiger partial charge in [-0.15, -0.1) is 12.4 Å². The lowest BCUT2D eigenvalue weighted by molar-refractivity contribution is -0.119. The van der Waals surface area contributed by atoms with Gasteiger partial charge in [0.2, 0.25) is 5.91 Å². The predicted octanol–water partition coefficient (Wildman–Crippen LogP) is 4.13. The van der Waals surface area contributed by atoms with Crippen molar-refractivity contribution in [1.82, 2.24) is 0 Å². The van der Waals surface area contributed by atoms with Gasteiger partial charge in [0.1, 0.15) is 5.75 Å². The van der Waals surface area contributed by atoms with Crippen LogP contribution >= 0.6 is 12.4 Å². The van der Waals surface area contributed by atoms with Crippen molar-refractivity contribution in [2.24, 2.45) is 11.7 Å². The number of hydrogen-bond donors (Lipinski definition) is 2. The van der Waals surface area contributed by atoms with Crippen LogP contribution in [-0.2, 0) is 4.79 Å². The Balaban J connectivity index is 0.00000264. The first kappa shape index (κ1) is 19.0. The second-order valence-corrected chi connectivity index (χ2v) is 5.55. The van der Waals surface area contributed by atoms with Crippen LogP contribution < -0.4 is 15.8 Å². The summed E-state index contributed by atoms with van der Waals surface area (Å²) in [5, 5.41) is 2.88. The number of aryl methyl sites for hydroxylation is 1. The number of anilines is 1. The summed E-state index contributed by atoms with van der Waals surface area (Å²) in [6.07, 6.45) is 0. The molecular weight excluding hydrogens is 312 g/mol. The van der Waals surface area contributed by atoms with Gasteiger partial charge in [0.05, 0.1) is 11.6 Å². The quantitative estimate of drug-likeness (QED) is 0.864. The van der Waals surface area contributed by atoms with Gasteiger partial charge >= 0.3 is 0 Å². The Morgan fingerprint density at radius 3 is 2.30 bits per heavy atom. The summed E-state index contributed by atoms with van der Waals surface area (Å²) in [4.78, 5) is 12.2. The van der Waals surface area contributed by atoms with Crippen LogP contribution in [0.4, 0.5) is 5.69 Å². The second-order valence-electron chi connectivity index (χ2n) is 5.55. The molecule has 2 aromatic carbocycles. The molecule has 0 bridgehead atoms. The fraction of sp³-hybridized carbons (Fsp3) is 0.278. The smallest absolute Gasteiger partial charge is 0.228 e. The minimum absolute atomic E-state index is 0. The number of nitrogens with one attached hydrogen (secondary N) is 1. The number of halogens is 1. The van der Waals surface area contributed by atoms with Crippen molar-refractivity contribution in [2.75, 3.05) is 5.32 Å². The molecule has 0 fully saturated rings. The summed E-state index contributed by atoms with van der Waals surface area (Å²) in [7, 11) is 0. The Morgan fingerprint density at radius 1 is 1.09 bits per heavy atom. The highest BCUT2D eigenvalue weighted by Crippen LogP contribution is 2.29. The predicted molar refractivity (Wildman–Crippen MR) is 96.4 cm³/mol. The average Bonchev–Trinajstić information content (AvgIpc) is 2.50. The summed E-state index contributed by atoms with van der Waals surface area (Å²) < 4.78 is 5.86. The number of carbonyl (C=O) groups excluding carboxylic acids is 1. The fourth-order valence-corrected chi connectivity index (χ4v) is 1.88. The van der Waals surface area contributed by atoms with Gasteiger partial charge in [-0.3, -0.25) is 4.79 Å². The standard InChI is InChI=1S/C18H22N2O2.ClH/c1-12-8-10-15(11-9-12)22-17-7-5-4-6-16(17)20-18(21)13(2)14(3)19;/h4-11,13-14H,19H2,1-3H3,(H,20,21);1H. The molecule has 2 atom stereocenters. The molecule has 0 aliphatic rings. The van der Waals surface area contributed by atoms with Gasteiger partial charge in [0.25, 0.3) is 0 Å². The SMILES string of the molecule is Cc1ccc(Oc2ccccc2NC(=O)C(C)C(C)N)cc1.Cl. The third-order valence-electron chi connectivity index (χ3n) is 3.60. The number of amides is 1. The van der Waals surface area contributed by atoms with Crippen molar-refractivity contribution in [3.63, 3.8) is 0 Å². The molecule has 1 amide bonds. The van der Waals surface area contributed by atoms with Crippen molar-refractivity contribution in [1.29, 1.82) is 0 Å². The van der Waals surface area contributed by atoms with Crippen molar-refractivity contribution in [3.05, 3.63) is 54.1 Å². The fourth-order valence-electron chi connectivity index (χ4n) is 1.88. The molecular formula is C18H23ClN2O2. The van der Waals surface area contributed by atoms with Gasteiger partial charge in [0, 0.05) is 6.04 Å². The molecule has 3 N–H and O–H groups in total. The van der Waals surface area contributed by atoms with Gasteiger partial charge in [-0.2, -0.15) is 0 Å². The Bertz CT molecular complexity index is 642. The van der Waals surface area contributed by atoms with E-state index in [0.717, 1.165) is 5.75 Å². The maximum atomic E-state index is 12.2. The van der Waals surface area contributed by atoms with Crippen molar-refractivity contribution in [2.45, 2.75) is 26.8 Å². The molecule has 0 saturated carbocycles. The van der Waals surface area contributed by atoms with E-state index >= 15 is 0 Å². The Kier molecular flexibility index (Phi) is 7.07. The van der Waals surface area contributed by atoms with Crippen LogP contribution in [0.2, 0.25) is 0 Å². The van der Waals surface area contributed by atoms with Gasteiger partial charge in [-0.25, -0.2) is 0 Å². The first-order chi connectivity index (χ1) is 10.5. The number of para-hydroxylation sites is 2. The van der Waals surface area contributed by atoms with E-state index in [9.17, 15) is 4.79 Å². The number of hydrogen-bond acceptors (Lipinski definition) is 3. The number of benzene rings is 2. The molecule has 0 saturated heterocycles. The zero-order chi connectivity index (χ0) is 16.1. The summed E-state index contributed by atoms with van der Waals surface area (Å²) >= 11 is 0. The lowest BCUT2D eigenvalue weighted by Gasteiger charge is -2.17. The molecule has 0 radical (unpaired) electrons. The van der Waals surface area contributed by atoms with Crippen molar-refractivity contribution in [3.8, 4) is 11.5 Å². The van der Waals surface area contributed by atoms with E-state index in [1.807, 2.05) is 69.3 Å². The molecule has 0 aliphatic carbocycles. The average molecular weight is 335 g/mol. The molecule has 5 heteroatoms. The van der Waals surface area contributed by atoms with Crippen LogP contribution in [0.15, 0.2) is 48.5 Å². The van der Waals surface area contributed by atoms with Crippen LogP contribution in [0.1, 0.15) is 19.4 Å². The zero-order valence-electron chi connectivity index (χ0n) is 13.6. The number of ether oxygens (including phenoxy) is 1. The molecule has 0 aromatic heterocycles. The van der Waals surface area contributed by atoms with Crippen molar-refractivity contribution >= 4 is 24.0 Å². The van der Waals surface area contributed by atoms with Gasteiger partial charge in [0.15, 0.2) is 5.75 Å². The first-order valence-corrected chi connectivity index (χ1v) is 7.37. The lowest BCUT2D eigenvalue weighted by Crippen LogP contribution is -2.34. The Hall–Kier alpha value is -2.04. The molecule has 2 unspecified atom stereocenters. The van der Waals surface area contributed by atoms with Crippen LogP contribution in [0.5, 0.6) is 11.5 Å². The summed E-state index contributed by atoms with van der Waals surface area (Å²) in [5.41, 5.74) is 7.58. The highest BCUT2D eigenvalue weighted by molar-refractivity contribution is 5.94. The highest BCUT2D eigenvalue weighted by atomic mass is 35.5. The van der Waals surface area contributed by atoms with E-state index in [2.05, 4.69) is 5.32 Å². The molecule has 4 nitrogen and oxygen atoms in total. The van der Waals surface area contributed by atoms with E-state index in [4.69, 9.17) is 10.5 Å². The zero-order valence-corrected chi connectivity index (χ0v) is 14.4. The molecule has 23 heavy (non-hydrogen) atoms. The largest absolute Gasteiger partial charge is 0.455 e.